The zero-order valence-corrected chi connectivity index (χ0v) is 16.3. The van der Waals surface area contributed by atoms with E-state index in [2.05, 4.69) is 30.7 Å². The van der Waals surface area contributed by atoms with Crippen LogP contribution in [0.25, 0.3) is 22.4 Å². The summed E-state index contributed by atoms with van der Waals surface area (Å²) in [5.74, 6) is -0.168. The maximum Gasteiger partial charge on any atom is 0.319 e. The van der Waals surface area contributed by atoms with Crippen molar-refractivity contribution in [3.8, 4) is 11.5 Å². The van der Waals surface area contributed by atoms with E-state index >= 15 is 0 Å². The normalized spacial score (nSPS) is 12.5. The summed E-state index contributed by atoms with van der Waals surface area (Å²) in [7, 11) is 0. The fraction of sp³-hybridized carbons (Fsp3) is 0.350. The second-order valence-corrected chi connectivity index (χ2v) is 9.46. The van der Waals surface area contributed by atoms with Crippen LogP contribution in [0.15, 0.2) is 46.0 Å². The summed E-state index contributed by atoms with van der Waals surface area (Å²) in [5, 5.41) is 10.2. The molecule has 0 amide bonds. The van der Waals surface area contributed by atoms with Gasteiger partial charge in [-0.25, -0.2) is 9.97 Å². The Hall–Kier alpha value is -2.34. The molecular formula is C20H22N2O3S. The van der Waals surface area contributed by atoms with Gasteiger partial charge in [0.25, 0.3) is 0 Å². The van der Waals surface area contributed by atoms with Crippen LogP contribution in [0.3, 0.4) is 0 Å². The minimum atomic E-state index is -0.894. The third-order valence-corrected chi connectivity index (χ3v) is 5.24. The molecule has 0 bridgehead atoms. The fourth-order valence-corrected chi connectivity index (χ4v) is 3.45. The average molecular weight is 370 g/mol. The molecule has 26 heavy (non-hydrogen) atoms. The molecule has 6 heteroatoms. The summed E-state index contributed by atoms with van der Waals surface area (Å²) < 4.78 is 5.04. The molecule has 1 aromatic carbocycles. The van der Waals surface area contributed by atoms with E-state index < -0.39 is 10.7 Å². The number of carboxylic acids is 1. The molecule has 0 unspecified atom stereocenters. The quantitative estimate of drug-likeness (QED) is 0.641. The minimum Gasteiger partial charge on any atom is -0.480 e. The Kier molecular flexibility index (Phi) is 4.56. The van der Waals surface area contributed by atoms with E-state index in [1.165, 1.54) is 11.8 Å². The molecule has 0 saturated carbocycles. The molecule has 0 radical (unpaired) electrons. The minimum absolute atomic E-state index is 0.0735. The molecule has 0 atom stereocenters. The molecule has 136 valence electrons. The van der Waals surface area contributed by atoms with Crippen molar-refractivity contribution in [3.63, 3.8) is 0 Å². The third-order valence-electron chi connectivity index (χ3n) is 4.06. The molecule has 1 N–H and O–H groups in total. The average Bonchev–Trinajstić information content (AvgIpc) is 2.97. The molecule has 2 aromatic heterocycles. The molecule has 0 aliphatic carbocycles. The Labute approximate surface area is 156 Å². The van der Waals surface area contributed by atoms with Gasteiger partial charge in [0.15, 0.2) is 5.76 Å². The van der Waals surface area contributed by atoms with Crippen molar-refractivity contribution in [2.24, 2.45) is 0 Å². The van der Waals surface area contributed by atoms with E-state index in [0.29, 0.717) is 5.76 Å². The van der Waals surface area contributed by atoms with E-state index in [9.17, 15) is 9.90 Å². The van der Waals surface area contributed by atoms with Gasteiger partial charge in [-0.2, -0.15) is 0 Å². The first-order valence-electron chi connectivity index (χ1n) is 8.35. The topological polar surface area (TPSA) is 76.2 Å². The number of nitrogens with zero attached hydrogens (tertiary/aromatic N) is 2. The lowest BCUT2D eigenvalue weighted by Gasteiger charge is -2.18. The van der Waals surface area contributed by atoms with Crippen LogP contribution in [0.2, 0.25) is 0 Å². The molecule has 5 nitrogen and oxygen atoms in total. The first kappa shape index (κ1) is 18.5. The summed E-state index contributed by atoms with van der Waals surface area (Å²) in [6, 6.07) is 9.57. The second-order valence-electron chi connectivity index (χ2n) is 7.77. The Balaban J connectivity index is 1.97. The van der Waals surface area contributed by atoms with Gasteiger partial charge in [-0.1, -0.05) is 20.8 Å². The Morgan fingerprint density at radius 3 is 2.46 bits per heavy atom. The van der Waals surface area contributed by atoms with Crippen molar-refractivity contribution >= 4 is 28.7 Å². The summed E-state index contributed by atoms with van der Waals surface area (Å²) >= 11 is 1.31. The maximum atomic E-state index is 11.3. The molecule has 0 aliphatic heterocycles. The number of hydrogen-bond donors (Lipinski definition) is 1. The highest BCUT2D eigenvalue weighted by atomic mass is 32.2. The van der Waals surface area contributed by atoms with Crippen LogP contribution in [0.5, 0.6) is 0 Å². The van der Waals surface area contributed by atoms with E-state index in [0.717, 1.165) is 27.3 Å². The monoisotopic (exact) mass is 370 g/mol. The smallest absolute Gasteiger partial charge is 0.319 e. The lowest BCUT2D eigenvalue weighted by Crippen LogP contribution is -2.26. The lowest BCUT2D eigenvalue weighted by molar-refractivity contribution is -0.138. The summed E-state index contributed by atoms with van der Waals surface area (Å²) in [5.41, 5.74) is 2.35. The van der Waals surface area contributed by atoms with Crippen LogP contribution in [-0.2, 0) is 10.2 Å². The van der Waals surface area contributed by atoms with Gasteiger partial charge in [0.05, 0.1) is 0 Å². The molecule has 3 aromatic rings. The molecule has 3 rings (SSSR count). The third kappa shape index (κ3) is 3.75. The SMILES string of the molecule is CC(C)(Sc1ccc2oc(-c3cc(C(C)(C)C)ncn3)cc2c1)C(=O)O. The first-order valence-corrected chi connectivity index (χ1v) is 9.17. The molecular weight excluding hydrogens is 348 g/mol. The van der Waals surface area contributed by atoms with Gasteiger partial charge in [-0.05, 0) is 44.2 Å². The number of aromatic nitrogens is 2. The summed E-state index contributed by atoms with van der Waals surface area (Å²) in [6.45, 7) is 9.70. The fourth-order valence-electron chi connectivity index (χ4n) is 2.45. The van der Waals surface area contributed by atoms with Crippen LogP contribution in [-0.4, -0.2) is 25.8 Å². The van der Waals surface area contributed by atoms with Crippen LogP contribution in [0.1, 0.15) is 40.3 Å². The van der Waals surface area contributed by atoms with Gasteiger partial charge in [0.1, 0.15) is 22.4 Å². The number of benzene rings is 1. The van der Waals surface area contributed by atoms with Gasteiger partial charge < -0.3 is 9.52 Å². The standard InChI is InChI=1S/C20H22N2O3S/c1-19(2,3)17-10-14(21-11-22-17)16-9-12-8-13(6-7-15(12)25-16)26-20(4,5)18(23)24/h6-11H,1-5H3,(H,23,24). The summed E-state index contributed by atoms with van der Waals surface area (Å²) in [4.78, 5) is 20.9. The number of hydrogen-bond acceptors (Lipinski definition) is 5. The molecule has 0 fully saturated rings. The highest BCUT2D eigenvalue weighted by molar-refractivity contribution is 8.01. The number of fused-ring (bicyclic) bond motifs is 1. The number of carbonyl (C=O) groups is 1. The lowest BCUT2D eigenvalue weighted by atomic mass is 9.91. The van der Waals surface area contributed by atoms with Crippen molar-refractivity contribution in [3.05, 3.63) is 42.4 Å². The first-order chi connectivity index (χ1) is 12.1. The molecule has 0 saturated heterocycles. The van der Waals surface area contributed by atoms with Crippen LogP contribution >= 0.6 is 11.8 Å². The zero-order valence-electron chi connectivity index (χ0n) is 15.5. The van der Waals surface area contributed by atoms with E-state index in [1.807, 2.05) is 30.3 Å². The zero-order chi connectivity index (χ0) is 19.1. The van der Waals surface area contributed by atoms with Gasteiger partial charge in [0, 0.05) is 21.4 Å². The Morgan fingerprint density at radius 1 is 1.08 bits per heavy atom. The second kappa shape index (κ2) is 6.43. The molecule has 0 spiro atoms. The van der Waals surface area contributed by atoms with E-state index in [4.69, 9.17) is 4.42 Å². The number of carboxylic acid groups (broad SMARTS) is 1. The van der Waals surface area contributed by atoms with Gasteiger partial charge >= 0.3 is 5.97 Å². The van der Waals surface area contributed by atoms with Crippen LogP contribution in [0, 0.1) is 0 Å². The van der Waals surface area contributed by atoms with Crippen molar-refractivity contribution in [2.45, 2.75) is 49.7 Å². The number of rotatable bonds is 4. The number of aliphatic carboxylic acids is 1. The van der Waals surface area contributed by atoms with Gasteiger partial charge in [-0.15, -0.1) is 11.8 Å². The van der Waals surface area contributed by atoms with E-state index in [1.54, 1.807) is 20.2 Å². The maximum absolute atomic E-state index is 11.3. The predicted octanol–water partition coefficient (Wildman–Crippen LogP) is 5.14. The molecule has 0 aliphatic rings. The number of thioether (sulfide) groups is 1. The summed E-state index contributed by atoms with van der Waals surface area (Å²) in [6.07, 6.45) is 1.56. The Morgan fingerprint density at radius 2 is 1.81 bits per heavy atom. The van der Waals surface area contributed by atoms with E-state index in [-0.39, 0.29) is 5.41 Å². The predicted molar refractivity (Wildman–Crippen MR) is 104 cm³/mol. The van der Waals surface area contributed by atoms with Crippen LogP contribution < -0.4 is 0 Å². The largest absolute Gasteiger partial charge is 0.480 e. The van der Waals surface area contributed by atoms with Gasteiger partial charge in [-0.3, -0.25) is 4.79 Å². The highest BCUT2D eigenvalue weighted by Gasteiger charge is 2.28. The highest BCUT2D eigenvalue weighted by Crippen LogP contribution is 2.36. The van der Waals surface area contributed by atoms with Crippen molar-refractivity contribution in [1.82, 2.24) is 9.97 Å². The van der Waals surface area contributed by atoms with Crippen molar-refractivity contribution in [2.75, 3.05) is 0 Å². The van der Waals surface area contributed by atoms with Crippen LogP contribution in [0.4, 0.5) is 0 Å². The number of furan rings is 1. The molecule has 2 heterocycles. The Bertz CT molecular complexity index is 971. The van der Waals surface area contributed by atoms with Crippen molar-refractivity contribution < 1.29 is 14.3 Å². The van der Waals surface area contributed by atoms with Crippen molar-refractivity contribution in [1.29, 1.82) is 0 Å². The van der Waals surface area contributed by atoms with Gasteiger partial charge in [0.2, 0.25) is 0 Å².